The Bertz CT molecular complexity index is 329. The fourth-order valence-corrected chi connectivity index (χ4v) is 2.53. The highest BCUT2D eigenvalue weighted by molar-refractivity contribution is 4.78. The van der Waals surface area contributed by atoms with Gasteiger partial charge in [0.1, 0.15) is 0 Å². The van der Waals surface area contributed by atoms with Gasteiger partial charge < -0.3 is 9.73 Å². The molecule has 4 heteroatoms. The molecular weight excluding hydrogens is 214 g/mol. The molecule has 2 rings (SSSR count). The third kappa shape index (κ3) is 4.11. The van der Waals surface area contributed by atoms with Crippen LogP contribution in [-0.2, 0) is 6.54 Å². The van der Waals surface area contributed by atoms with Crippen LogP contribution in [0.4, 0.5) is 0 Å². The van der Waals surface area contributed by atoms with Gasteiger partial charge in [0.05, 0.1) is 6.54 Å². The SMILES string of the molecule is Cc1nnc(CNCCC2CCC(C)CC2)o1. The molecule has 1 aliphatic rings. The number of hydrogen-bond donors (Lipinski definition) is 1. The molecule has 1 aromatic heterocycles. The predicted octanol–water partition coefficient (Wildman–Crippen LogP) is 2.68. The smallest absolute Gasteiger partial charge is 0.230 e. The normalized spacial score (nSPS) is 25.1. The summed E-state index contributed by atoms with van der Waals surface area (Å²) in [5.41, 5.74) is 0. The summed E-state index contributed by atoms with van der Waals surface area (Å²) >= 11 is 0. The summed E-state index contributed by atoms with van der Waals surface area (Å²) < 4.78 is 5.30. The zero-order valence-electron chi connectivity index (χ0n) is 10.9. The van der Waals surface area contributed by atoms with Gasteiger partial charge in [-0.2, -0.15) is 0 Å². The minimum Gasteiger partial charge on any atom is -0.424 e. The molecule has 1 N–H and O–H groups in total. The molecule has 1 heterocycles. The first-order valence-corrected chi connectivity index (χ1v) is 6.73. The lowest BCUT2D eigenvalue weighted by atomic mass is 9.81. The van der Waals surface area contributed by atoms with E-state index in [1.54, 1.807) is 0 Å². The first kappa shape index (κ1) is 12.6. The van der Waals surface area contributed by atoms with E-state index in [-0.39, 0.29) is 0 Å². The van der Waals surface area contributed by atoms with Crippen LogP contribution >= 0.6 is 0 Å². The molecule has 0 radical (unpaired) electrons. The predicted molar refractivity (Wildman–Crippen MR) is 66.5 cm³/mol. The number of aromatic nitrogens is 2. The van der Waals surface area contributed by atoms with Crippen LogP contribution in [0.3, 0.4) is 0 Å². The van der Waals surface area contributed by atoms with Crippen molar-refractivity contribution < 1.29 is 4.42 Å². The third-order valence-corrected chi connectivity index (χ3v) is 3.71. The number of aryl methyl sites for hydroxylation is 1. The highest BCUT2D eigenvalue weighted by Gasteiger charge is 2.17. The van der Waals surface area contributed by atoms with E-state index in [0.29, 0.717) is 18.3 Å². The fraction of sp³-hybridized carbons (Fsp3) is 0.846. The standard InChI is InChI=1S/C13H23N3O/c1-10-3-5-12(6-4-10)7-8-14-9-13-16-15-11(2)17-13/h10,12,14H,3-9H2,1-2H3. The van der Waals surface area contributed by atoms with Crippen LogP contribution in [-0.4, -0.2) is 16.7 Å². The van der Waals surface area contributed by atoms with E-state index in [2.05, 4.69) is 22.4 Å². The lowest BCUT2D eigenvalue weighted by Crippen LogP contribution is -2.20. The number of hydrogen-bond acceptors (Lipinski definition) is 4. The molecule has 0 aliphatic heterocycles. The van der Waals surface area contributed by atoms with E-state index in [0.717, 1.165) is 18.4 Å². The highest BCUT2D eigenvalue weighted by Crippen LogP contribution is 2.29. The molecule has 4 nitrogen and oxygen atoms in total. The van der Waals surface area contributed by atoms with Crippen LogP contribution in [0.5, 0.6) is 0 Å². The van der Waals surface area contributed by atoms with E-state index in [1.807, 2.05) is 6.92 Å². The molecule has 0 aromatic carbocycles. The molecule has 1 aliphatic carbocycles. The summed E-state index contributed by atoms with van der Waals surface area (Å²) in [7, 11) is 0. The van der Waals surface area contributed by atoms with Gasteiger partial charge in [0.25, 0.3) is 0 Å². The van der Waals surface area contributed by atoms with Crippen LogP contribution in [0.25, 0.3) is 0 Å². The van der Waals surface area contributed by atoms with Gasteiger partial charge in [-0.05, 0) is 24.8 Å². The Hall–Kier alpha value is -0.900. The zero-order chi connectivity index (χ0) is 12.1. The fourth-order valence-electron chi connectivity index (χ4n) is 2.53. The Labute approximate surface area is 103 Å². The lowest BCUT2D eigenvalue weighted by Gasteiger charge is -2.26. The summed E-state index contributed by atoms with van der Waals surface area (Å²) in [6.45, 7) is 5.94. The van der Waals surface area contributed by atoms with Crippen molar-refractivity contribution in [2.75, 3.05) is 6.54 Å². The molecule has 1 saturated carbocycles. The summed E-state index contributed by atoms with van der Waals surface area (Å²) in [6.07, 6.45) is 6.91. The monoisotopic (exact) mass is 237 g/mol. The van der Waals surface area contributed by atoms with Crippen LogP contribution in [0.2, 0.25) is 0 Å². The summed E-state index contributed by atoms with van der Waals surface area (Å²) in [4.78, 5) is 0. The van der Waals surface area contributed by atoms with E-state index in [4.69, 9.17) is 4.42 Å². The van der Waals surface area contributed by atoms with Gasteiger partial charge in [-0.3, -0.25) is 0 Å². The van der Waals surface area contributed by atoms with Crippen molar-refractivity contribution in [1.29, 1.82) is 0 Å². The molecular formula is C13H23N3O. The Balaban J connectivity index is 1.57. The topological polar surface area (TPSA) is 51.0 Å². The molecule has 0 unspecified atom stereocenters. The average Bonchev–Trinajstić information content (AvgIpc) is 2.73. The van der Waals surface area contributed by atoms with Crippen LogP contribution in [0.1, 0.15) is 50.8 Å². The molecule has 0 spiro atoms. The average molecular weight is 237 g/mol. The van der Waals surface area contributed by atoms with E-state index in [9.17, 15) is 0 Å². The van der Waals surface area contributed by atoms with E-state index >= 15 is 0 Å². The minimum absolute atomic E-state index is 0.642. The maximum Gasteiger partial charge on any atom is 0.230 e. The maximum absolute atomic E-state index is 5.30. The second kappa shape index (κ2) is 6.15. The van der Waals surface area contributed by atoms with Crippen molar-refractivity contribution in [3.8, 4) is 0 Å². The molecule has 17 heavy (non-hydrogen) atoms. The second-order valence-corrected chi connectivity index (χ2v) is 5.31. The Kier molecular flexibility index (Phi) is 4.54. The number of nitrogens with one attached hydrogen (secondary N) is 1. The summed E-state index contributed by atoms with van der Waals surface area (Å²) in [5.74, 6) is 3.20. The molecule has 0 bridgehead atoms. The first-order valence-electron chi connectivity index (χ1n) is 6.73. The molecule has 1 fully saturated rings. The Morgan fingerprint density at radius 3 is 2.65 bits per heavy atom. The summed E-state index contributed by atoms with van der Waals surface area (Å²) in [6, 6.07) is 0. The van der Waals surface area contributed by atoms with E-state index < -0.39 is 0 Å². The molecule has 1 aromatic rings. The molecule has 0 amide bonds. The van der Waals surface area contributed by atoms with Crippen LogP contribution < -0.4 is 5.32 Å². The van der Waals surface area contributed by atoms with Gasteiger partial charge in [-0.1, -0.05) is 32.6 Å². The van der Waals surface area contributed by atoms with Crippen molar-refractivity contribution in [2.45, 2.75) is 52.5 Å². The van der Waals surface area contributed by atoms with E-state index in [1.165, 1.54) is 32.1 Å². The maximum atomic E-state index is 5.30. The van der Waals surface area contributed by atoms with Crippen molar-refractivity contribution in [2.24, 2.45) is 11.8 Å². The van der Waals surface area contributed by atoms with Crippen molar-refractivity contribution in [1.82, 2.24) is 15.5 Å². The van der Waals surface area contributed by atoms with Crippen LogP contribution in [0.15, 0.2) is 4.42 Å². The summed E-state index contributed by atoms with van der Waals surface area (Å²) in [5, 5.41) is 11.1. The number of nitrogens with zero attached hydrogens (tertiary/aromatic N) is 2. The van der Waals surface area contributed by atoms with Crippen LogP contribution in [0, 0.1) is 18.8 Å². The number of rotatable bonds is 5. The van der Waals surface area contributed by atoms with Gasteiger partial charge in [-0.15, -0.1) is 10.2 Å². The van der Waals surface area contributed by atoms with Gasteiger partial charge >= 0.3 is 0 Å². The molecule has 0 saturated heterocycles. The van der Waals surface area contributed by atoms with Gasteiger partial charge in [0.15, 0.2) is 0 Å². The van der Waals surface area contributed by atoms with Gasteiger partial charge in [0.2, 0.25) is 11.8 Å². The second-order valence-electron chi connectivity index (χ2n) is 5.31. The minimum atomic E-state index is 0.642. The largest absolute Gasteiger partial charge is 0.424 e. The Morgan fingerprint density at radius 1 is 1.24 bits per heavy atom. The van der Waals surface area contributed by atoms with Crippen molar-refractivity contribution in [3.63, 3.8) is 0 Å². The zero-order valence-corrected chi connectivity index (χ0v) is 10.9. The van der Waals surface area contributed by atoms with Gasteiger partial charge in [-0.25, -0.2) is 0 Å². The molecule has 96 valence electrons. The Morgan fingerprint density at radius 2 is 2.00 bits per heavy atom. The quantitative estimate of drug-likeness (QED) is 0.800. The van der Waals surface area contributed by atoms with Gasteiger partial charge in [0, 0.05) is 6.92 Å². The third-order valence-electron chi connectivity index (χ3n) is 3.71. The van der Waals surface area contributed by atoms with Crippen molar-refractivity contribution >= 4 is 0 Å². The first-order chi connectivity index (χ1) is 8.24. The lowest BCUT2D eigenvalue weighted by molar-refractivity contribution is 0.274. The van der Waals surface area contributed by atoms with Crippen molar-refractivity contribution in [3.05, 3.63) is 11.8 Å². The highest BCUT2D eigenvalue weighted by atomic mass is 16.4. The molecule has 0 atom stereocenters.